The third-order valence-corrected chi connectivity index (χ3v) is 3.09. The van der Waals surface area contributed by atoms with Gasteiger partial charge in [0, 0.05) is 12.8 Å². The van der Waals surface area contributed by atoms with E-state index in [1.165, 1.54) is 0 Å². The van der Waals surface area contributed by atoms with Crippen molar-refractivity contribution in [1.82, 2.24) is 0 Å². The van der Waals surface area contributed by atoms with Gasteiger partial charge in [0.05, 0.1) is 18.8 Å². The molecule has 1 aromatic carbocycles. The number of para-hydroxylation sites is 1. The minimum absolute atomic E-state index is 0.00824. The summed E-state index contributed by atoms with van der Waals surface area (Å²) in [6, 6.07) is 7.32. The van der Waals surface area contributed by atoms with Gasteiger partial charge in [0.2, 0.25) is 0 Å². The van der Waals surface area contributed by atoms with Crippen LogP contribution in [0.25, 0.3) is 0 Å². The van der Waals surface area contributed by atoms with Crippen molar-refractivity contribution in [3.63, 3.8) is 0 Å². The fraction of sp³-hybridized carbons (Fsp3) is 0.429. The molecule has 4 heteroatoms. The molecule has 1 fully saturated rings. The molecule has 0 spiro atoms. The van der Waals surface area contributed by atoms with E-state index < -0.39 is 0 Å². The van der Waals surface area contributed by atoms with E-state index in [0.717, 1.165) is 0 Å². The molecule has 94 valence electrons. The lowest BCUT2D eigenvalue weighted by atomic mass is 9.96. The quantitative estimate of drug-likeness (QED) is 0.820. The van der Waals surface area contributed by atoms with Crippen LogP contribution in [-0.2, 0) is 4.79 Å². The van der Waals surface area contributed by atoms with Gasteiger partial charge < -0.3 is 9.47 Å². The summed E-state index contributed by atoms with van der Waals surface area (Å²) >= 11 is 0. The summed E-state index contributed by atoms with van der Waals surface area (Å²) in [4.78, 5) is 11.2. The first-order valence-corrected chi connectivity index (χ1v) is 6.00. The number of rotatable bonds is 3. The lowest BCUT2D eigenvalue weighted by Gasteiger charge is -2.23. The number of nitriles is 1. The van der Waals surface area contributed by atoms with E-state index in [-0.39, 0.29) is 11.9 Å². The first-order chi connectivity index (χ1) is 8.74. The summed E-state index contributed by atoms with van der Waals surface area (Å²) in [6.45, 7) is 0. The zero-order valence-electron chi connectivity index (χ0n) is 10.3. The molecule has 0 unspecified atom stereocenters. The van der Waals surface area contributed by atoms with Gasteiger partial charge in [0.25, 0.3) is 0 Å². The van der Waals surface area contributed by atoms with Crippen LogP contribution in [0, 0.1) is 11.3 Å². The third-order valence-electron chi connectivity index (χ3n) is 3.09. The van der Waals surface area contributed by atoms with Crippen LogP contribution in [0.2, 0.25) is 0 Å². The lowest BCUT2D eigenvalue weighted by Crippen LogP contribution is -2.24. The highest BCUT2D eigenvalue weighted by atomic mass is 16.5. The van der Waals surface area contributed by atoms with E-state index in [2.05, 4.69) is 6.07 Å². The largest absolute Gasteiger partial charge is 0.493 e. The molecule has 1 saturated carbocycles. The Morgan fingerprint density at radius 3 is 2.67 bits per heavy atom. The topological polar surface area (TPSA) is 59.3 Å². The van der Waals surface area contributed by atoms with E-state index in [0.29, 0.717) is 42.7 Å². The minimum atomic E-state index is -0.00824. The second kappa shape index (κ2) is 5.54. The zero-order chi connectivity index (χ0) is 13.0. The maximum Gasteiger partial charge on any atom is 0.179 e. The highest BCUT2D eigenvalue weighted by Gasteiger charge is 2.22. The molecule has 0 atom stereocenters. The van der Waals surface area contributed by atoms with Crippen LogP contribution < -0.4 is 9.47 Å². The average molecular weight is 245 g/mol. The predicted octanol–water partition coefficient (Wildman–Crippen LogP) is 2.46. The van der Waals surface area contributed by atoms with Crippen LogP contribution in [0.4, 0.5) is 0 Å². The zero-order valence-corrected chi connectivity index (χ0v) is 10.3. The molecule has 0 radical (unpaired) electrons. The number of hydrogen-bond acceptors (Lipinski definition) is 4. The summed E-state index contributed by atoms with van der Waals surface area (Å²) in [6.07, 6.45) is 2.53. The summed E-state index contributed by atoms with van der Waals surface area (Å²) in [5.41, 5.74) is 0.464. The minimum Gasteiger partial charge on any atom is -0.493 e. The van der Waals surface area contributed by atoms with E-state index in [4.69, 9.17) is 14.7 Å². The van der Waals surface area contributed by atoms with Gasteiger partial charge in [0.1, 0.15) is 11.9 Å². The number of ketones is 1. The third kappa shape index (κ3) is 2.62. The Kier molecular flexibility index (Phi) is 3.83. The van der Waals surface area contributed by atoms with Crippen LogP contribution >= 0.6 is 0 Å². The molecular weight excluding hydrogens is 230 g/mol. The molecule has 0 heterocycles. The molecule has 0 amide bonds. The van der Waals surface area contributed by atoms with Gasteiger partial charge in [-0.2, -0.15) is 5.26 Å². The number of Topliss-reactive ketones (excluding diaryl/α,β-unsaturated/α-hetero) is 1. The number of hydrogen-bond donors (Lipinski definition) is 0. The van der Waals surface area contributed by atoms with Gasteiger partial charge in [-0.05, 0) is 25.0 Å². The molecule has 1 aliphatic rings. The number of ether oxygens (including phenoxy) is 2. The second-order valence-electron chi connectivity index (χ2n) is 4.30. The van der Waals surface area contributed by atoms with E-state index >= 15 is 0 Å². The molecular formula is C14H15NO3. The van der Waals surface area contributed by atoms with Crippen LogP contribution in [0.1, 0.15) is 31.2 Å². The van der Waals surface area contributed by atoms with Crippen LogP contribution in [0.3, 0.4) is 0 Å². The highest BCUT2D eigenvalue weighted by Crippen LogP contribution is 2.33. The SMILES string of the molecule is COc1cccc(C#N)c1OC1CCC(=O)CC1. The Morgan fingerprint density at radius 1 is 1.33 bits per heavy atom. The maximum absolute atomic E-state index is 11.2. The molecule has 0 aromatic heterocycles. The molecule has 0 aliphatic heterocycles. The molecule has 1 aromatic rings. The Balaban J connectivity index is 2.17. The molecule has 18 heavy (non-hydrogen) atoms. The van der Waals surface area contributed by atoms with Gasteiger partial charge in [-0.15, -0.1) is 0 Å². The number of nitrogens with zero attached hydrogens (tertiary/aromatic N) is 1. The normalized spacial score (nSPS) is 16.1. The van der Waals surface area contributed by atoms with Gasteiger partial charge in [-0.1, -0.05) is 6.07 Å². The van der Waals surface area contributed by atoms with Crippen molar-refractivity contribution in [2.24, 2.45) is 0 Å². The Labute approximate surface area is 106 Å². The fourth-order valence-electron chi connectivity index (χ4n) is 2.08. The standard InChI is InChI=1S/C14H15NO3/c1-17-13-4-2-3-10(9-15)14(13)18-12-7-5-11(16)6-8-12/h2-4,12H,5-8H2,1H3. The number of carbonyl (C=O) groups excluding carboxylic acids is 1. The van der Waals surface area contributed by atoms with Gasteiger partial charge in [-0.3, -0.25) is 4.79 Å². The maximum atomic E-state index is 11.2. The summed E-state index contributed by atoms with van der Waals surface area (Å²) in [5, 5.41) is 9.07. The van der Waals surface area contributed by atoms with Crippen LogP contribution in [0.15, 0.2) is 18.2 Å². The van der Waals surface area contributed by atoms with Crippen LogP contribution in [-0.4, -0.2) is 19.0 Å². The first-order valence-electron chi connectivity index (χ1n) is 6.00. The van der Waals surface area contributed by atoms with E-state index in [1.807, 2.05) is 0 Å². The molecule has 0 N–H and O–H groups in total. The van der Waals surface area contributed by atoms with Crippen LogP contribution in [0.5, 0.6) is 11.5 Å². The Hall–Kier alpha value is -2.02. The highest BCUT2D eigenvalue weighted by molar-refractivity contribution is 5.79. The summed E-state index contributed by atoms with van der Waals surface area (Å²) < 4.78 is 11.1. The molecule has 2 rings (SSSR count). The lowest BCUT2D eigenvalue weighted by molar-refractivity contribution is -0.121. The summed E-state index contributed by atoms with van der Waals surface area (Å²) in [5.74, 6) is 1.34. The molecule has 0 saturated heterocycles. The first kappa shape index (κ1) is 12.4. The smallest absolute Gasteiger partial charge is 0.179 e. The van der Waals surface area contributed by atoms with Gasteiger partial charge in [-0.25, -0.2) is 0 Å². The number of methoxy groups -OCH3 is 1. The number of carbonyl (C=O) groups is 1. The van der Waals surface area contributed by atoms with Crippen molar-refractivity contribution < 1.29 is 14.3 Å². The van der Waals surface area contributed by atoms with E-state index in [9.17, 15) is 4.79 Å². The Bertz CT molecular complexity index is 480. The van der Waals surface area contributed by atoms with Gasteiger partial charge in [0.15, 0.2) is 11.5 Å². The van der Waals surface area contributed by atoms with Crippen molar-refractivity contribution >= 4 is 5.78 Å². The van der Waals surface area contributed by atoms with Crippen molar-refractivity contribution in [3.05, 3.63) is 23.8 Å². The average Bonchev–Trinajstić information content (AvgIpc) is 2.41. The van der Waals surface area contributed by atoms with Crippen molar-refractivity contribution in [2.75, 3.05) is 7.11 Å². The van der Waals surface area contributed by atoms with E-state index in [1.54, 1.807) is 25.3 Å². The summed E-state index contributed by atoms with van der Waals surface area (Å²) in [7, 11) is 1.55. The Morgan fingerprint density at radius 2 is 2.06 bits per heavy atom. The van der Waals surface area contributed by atoms with Crippen molar-refractivity contribution in [2.45, 2.75) is 31.8 Å². The fourth-order valence-corrected chi connectivity index (χ4v) is 2.08. The number of benzene rings is 1. The molecule has 1 aliphatic carbocycles. The molecule has 0 bridgehead atoms. The van der Waals surface area contributed by atoms with Crippen molar-refractivity contribution in [3.8, 4) is 17.6 Å². The van der Waals surface area contributed by atoms with Crippen molar-refractivity contribution in [1.29, 1.82) is 5.26 Å². The second-order valence-corrected chi connectivity index (χ2v) is 4.30. The molecule has 4 nitrogen and oxygen atoms in total. The monoisotopic (exact) mass is 245 g/mol. The predicted molar refractivity (Wildman–Crippen MR) is 65.6 cm³/mol. The van der Waals surface area contributed by atoms with Gasteiger partial charge >= 0.3 is 0 Å².